The van der Waals surface area contributed by atoms with E-state index in [1.807, 2.05) is 29.6 Å². The zero-order valence-corrected chi connectivity index (χ0v) is 15.5. The van der Waals surface area contributed by atoms with Crippen molar-refractivity contribution in [3.8, 4) is 0 Å². The minimum Gasteiger partial charge on any atom is -0.357 e. The van der Waals surface area contributed by atoms with Gasteiger partial charge in [0.2, 0.25) is 11.8 Å². The number of fused-ring (bicyclic) bond motifs is 1. The molecular weight excluding hydrogens is 344 g/mol. The molecule has 0 aliphatic carbocycles. The number of carbonyl (C=O) groups is 2. The molecule has 4 nitrogen and oxygen atoms in total. The van der Waals surface area contributed by atoms with Crippen molar-refractivity contribution in [1.82, 2.24) is 10.6 Å². The van der Waals surface area contributed by atoms with Crippen LogP contribution in [-0.2, 0) is 22.4 Å². The van der Waals surface area contributed by atoms with Crippen molar-refractivity contribution in [3.63, 3.8) is 0 Å². The van der Waals surface area contributed by atoms with Gasteiger partial charge in [-0.15, -0.1) is 11.3 Å². The Morgan fingerprint density at radius 1 is 1.04 bits per heavy atom. The zero-order chi connectivity index (χ0) is 18.4. The number of amides is 2. The van der Waals surface area contributed by atoms with Crippen LogP contribution in [0.25, 0.3) is 10.8 Å². The van der Waals surface area contributed by atoms with Gasteiger partial charge in [0.25, 0.3) is 0 Å². The van der Waals surface area contributed by atoms with Crippen molar-refractivity contribution >= 4 is 33.9 Å². The van der Waals surface area contributed by atoms with Gasteiger partial charge in [-0.05, 0) is 34.2 Å². The van der Waals surface area contributed by atoms with Gasteiger partial charge >= 0.3 is 0 Å². The number of hydrogen-bond donors (Lipinski definition) is 2. The van der Waals surface area contributed by atoms with Gasteiger partial charge < -0.3 is 10.6 Å². The zero-order valence-electron chi connectivity index (χ0n) is 14.7. The third-order valence-electron chi connectivity index (χ3n) is 4.34. The van der Waals surface area contributed by atoms with E-state index in [4.69, 9.17) is 0 Å². The first-order valence-electron chi connectivity index (χ1n) is 8.67. The Morgan fingerprint density at radius 2 is 1.85 bits per heavy atom. The molecular formula is C21H22N2O2S. The number of carbonyl (C=O) groups excluding carboxylic acids is 2. The van der Waals surface area contributed by atoms with Gasteiger partial charge in [0, 0.05) is 24.8 Å². The molecule has 0 saturated carbocycles. The van der Waals surface area contributed by atoms with Crippen LogP contribution in [0.2, 0.25) is 0 Å². The fourth-order valence-electron chi connectivity index (χ4n) is 2.93. The second kappa shape index (κ2) is 8.63. The lowest BCUT2D eigenvalue weighted by molar-refractivity contribution is -0.128. The van der Waals surface area contributed by atoms with Crippen molar-refractivity contribution in [3.05, 3.63) is 70.4 Å². The summed E-state index contributed by atoms with van der Waals surface area (Å²) in [6.07, 6.45) is 1.52. The van der Waals surface area contributed by atoms with E-state index in [9.17, 15) is 9.59 Å². The Kier molecular flexibility index (Phi) is 6.02. The lowest BCUT2D eigenvalue weighted by Gasteiger charge is -2.16. The fraction of sp³-hybridized carbons (Fsp3) is 0.238. The molecule has 0 aliphatic heterocycles. The van der Waals surface area contributed by atoms with Gasteiger partial charge in [0.15, 0.2) is 0 Å². The van der Waals surface area contributed by atoms with Crippen LogP contribution in [0.1, 0.15) is 16.9 Å². The molecule has 1 aromatic heterocycles. The van der Waals surface area contributed by atoms with E-state index in [0.29, 0.717) is 19.3 Å². The number of hydrogen-bond acceptors (Lipinski definition) is 3. The van der Waals surface area contributed by atoms with Gasteiger partial charge in [0.1, 0.15) is 6.04 Å². The number of aryl methyl sites for hydroxylation is 1. The Hall–Kier alpha value is -2.66. The molecule has 134 valence electrons. The number of benzene rings is 2. The van der Waals surface area contributed by atoms with Crippen molar-refractivity contribution in [2.45, 2.75) is 25.3 Å². The highest BCUT2D eigenvalue weighted by atomic mass is 32.1. The third kappa shape index (κ3) is 4.70. The summed E-state index contributed by atoms with van der Waals surface area (Å²) in [5.41, 5.74) is 1.12. The predicted octanol–water partition coefficient (Wildman–Crippen LogP) is 3.31. The van der Waals surface area contributed by atoms with Crippen LogP contribution in [0, 0.1) is 0 Å². The number of likely N-dealkylation sites (N-methyl/N-ethyl adjacent to an activating group) is 1. The number of thiophene rings is 1. The maximum Gasteiger partial charge on any atom is 0.242 e. The summed E-state index contributed by atoms with van der Waals surface area (Å²) in [5.74, 6) is -0.277. The lowest BCUT2D eigenvalue weighted by atomic mass is 10.0. The molecule has 1 heterocycles. The van der Waals surface area contributed by atoms with Crippen LogP contribution >= 0.6 is 11.3 Å². The van der Waals surface area contributed by atoms with Crippen molar-refractivity contribution < 1.29 is 9.59 Å². The predicted molar refractivity (Wildman–Crippen MR) is 106 cm³/mol. The second-order valence-corrected chi connectivity index (χ2v) is 7.23. The van der Waals surface area contributed by atoms with E-state index >= 15 is 0 Å². The SMILES string of the molecule is CNC(=O)C(Cc1cccs1)NC(=O)CCc1ccc2ccccc2c1. The molecule has 2 aromatic carbocycles. The fourth-order valence-corrected chi connectivity index (χ4v) is 3.68. The lowest BCUT2D eigenvalue weighted by Crippen LogP contribution is -2.47. The monoisotopic (exact) mass is 366 g/mol. The van der Waals surface area contributed by atoms with Crippen molar-refractivity contribution in [1.29, 1.82) is 0 Å². The minimum absolute atomic E-state index is 0.108. The summed E-state index contributed by atoms with van der Waals surface area (Å²) in [7, 11) is 1.59. The first-order chi connectivity index (χ1) is 12.7. The Labute approximate surface area is 157 Å². The molecule has 0 bridgehead atoms. The topological polar surface area (TPSA) is 58.2 Å². The van der Waals surface area contributed by atoms with Crippen molar-refractivity contribution in [2.75, 3.05) is 7.05 Å². The van der Waals surface area contributed by atoms with E-state index in [1.54, 1.807) is 18.4 Å². The average Bonchev–Trinajstić information content (AvgIpc) is 3.18. The molecule has 1 unspecified atom stereocenters. The van der Waals surface area contributed by atoms with Gasteiger partial charge in [-0.2, -0.15) is 0 Å². The quantitative estimate of drug-likeness (QED) is 0.674. The summed E-state index contributed by atoms with van der Waals surface area (Å²) in [5, 5.41) is 9.83. The smallest absolute Gasteiger partial charge is 0.242 e. The van der Waals surface area contributed by atoms with Gasteiger partial charge in [-0.3, -0.25) is 9.59 Å². The third-order valence-corrected chi connectivity index (χ3v) is 5.24. The first-order valence-corrected chi connectivity index (χ1v) is 9.54. The normalized spacial score (nSPS) is 11.9. The molecule has 2 amide bonds. The number of nitrogens with one attached hydrogen (secondary N) is 2. The molecule has 0 fully saturated rings. The summed E-state index contributed by atoms with van der Waals surface area (Å²) >= 11 is 1.59. The molecule has 0 aliphatic rings. The van der Waals surface area contributed by atoms with Gasteiger partial charge in [-0.25, -0.2) is 0 Å². The van der Waals surface area contributed by atoms with Crippen LogP contribution in [0.3, 0.4) is 0 Å². The van der Waals surface area contributed by atoms with E-state index in [0.717, 1.165) is 10.4 Å². The highest BCUT2D eigenvalue weighted by Crippen LogP contribution is 2.17. The Morgan fingerprint density at radius 3 is 2.58 bits per heavy atom. The van der Waals surface area contributed by atoms with E-state index in [1.165, 1.54) is 10.8 Å². The molecule has 5 heteroatoms. The first kappa shape index (κ1) is 18.1. The van der Waals surface area contributed by atoms with Crippen LogP contribution < -0.4 is 10.6 Å². The molecule has 0 spiro atoms. The summed E-state index contributed by atoms with van der Waals surface area (Å²) in [4.78, 5) is 25.5. The minimum atomic E-state index is -0.539. The molecule has 26 heavy (non-hydrogen) atoms. The second-order valence-electron chi connectivity index (χ2n) is 6.20. The largest absolute Gasteiger partial charge is 0.357 e. The van der Waals surface area contributed by atoms with Gasteiger partial charge in [-0.1, -0.05) is 48.5 Å². The Balaban J connectivity index is 1.59. The molecule has 3 rings (SSSR count). The van der Waals surface area contributed by atoms with E-state index < -0.39 is 6.04 Å². The highest BCUT2D eigenvalue weighted by molar-refractivity contribution is 7.09. The van der Waals surface area contributed by atoms with Crippen LogP contribution in [-0.4, -0.2) is 24.9 Å². The summed E-state index contributed by atoms with van der Waals surface area (Å²) in [6.45, 7) is 0. The standard InChI is InChI=1S/C21H22N2O2S/c1-22-21(25)19(14-18-7-4-12-26-18)23-20(24)11-9-15-8-10-16-5-2-3-6-17(16)13-15/h2-8,10,12-13,19H,9,11,14H2,1H3,(H,22,25)(H,23,24). The molecule has 3 aromatic rings. The number of rotatable bonds is 7. The molecule has 1 atom stereocenters. The highest BCUT2D eigenvalue weighted by Gasteiger charge is 2.20. The molecule has 0 saturated heterocycles. The maximum atomic E-state index is 12.4. The summed E-state index contributed by atoms with van der Waals surface area (Å²) < 4.78 is 0. The van der Waals surface area contributed by atoms with Gasteiger partial charge in [0.05, 0.1) is 0 Å². The average molecular weight is 366 g/mol. The van der Waals surface area contributed by atoms with Crippen LogP contribution in [0.4, 0.5) is 0 Å². The van der Waals surface area contributed by atoms with E-state index in [-0.39, 0.29) is 11.8 Å². The van der Waals surface area contributed by atoms with Crippen molar-refractivity contribution in [2.24, 2.45) is 0 Å². The maximum absolute atomic E-state index is 12.4. The van der Waals surface area contributed by atoms with E-state index in [2.05, 4.69) is 41.0 Å². The van der Waals surface area contributed by atoms with Crippen LogP contribution in [0.5, 0.6) is 0 Å². The Bertz CT molecular complexity index is 890. The summed E-state index contributed by atoms with van der Waals surface area (Å²) in [6, 6.07) is 17.8. The molecule has 2 N–H and O–H groups in total. The van der Waals surface area contributed by atoms with Crippen LogP contribution in [0.15, 0.2) is 60.0 Å². The molecule has 0 radical (unpaired) electrons.